The normalized spacial score (nSPS) is 10.8. The van der Waals surface area contributed by atoms with Crippen LogP contribution in [0.3, 0.4) is 0 Å². The average molecular weight is 197 g/mol. The molecule has 2 aromatic heterocycles. The maximum atomic E-state index is 12.1. The molecule has 0 N–H and O–H groups in total. The van der Waals surface area contributed by atoms with Gasteiger partial charge in [0.05, 0.1) is 0 Å². The largest absolute Gasteiger partial charge is 0.414 e. The molecule has 0 saturated carbocycles. The molecule has 0 aliphatic rings. The van der Waals surface area contributed by atoms with Gasteiger partial charge in [0.2, 0.25) is 0 Å². The topological polar surface area (TPSA) is 51.8 Å². The van der Waals surface area contributed by atoms with Gasteiger partial charge in [-0.05, 0) is 12.1 Å². The first-order valence-corrected chi connectivity index (χ1v) is 3.80. The van der Waals surface area contributed by atoms with Crippen molar-refractivity contribution in [3.05, 3.63) is 30.3 Å². The van der Waals surface area contributed by atoms with Crippen LogP contribution in [0.4, 0.5) is 8.78 Å². The lowest BCUT2D eigenvalue weighted by molar-refractivity contribution is 0.116. The third-order valence-electron chi connectivity index (χ3n) is 1.51. The van der Waals surface area contributed by atoms with Crippen LogP contribution in [-0.4, -0.2) is 15.2 Å². The molecule has 4 nitrogen and oxygen atoms in total. The maximum Gasteiger partial charge on any atom is 0.314 e. The summed E-state index contributed by atoms with van der Waals surface area (Å²) in [5.74, 6) is -0.688. The number of halogens is 2. The van der Waals surface area contributed by atoms with Crippen LogP contribution in [0.2, 0.25) is 0 Å². The van der Waals surface area contributed by atoms with Crippen LogP contribution in [0.25, 0.3) is 11.6 Å². The Kier molecular flexibility index (Phi) is 2.18. The van der Waals surface area contributed by atoms with E-state index in [1.807, 2.05) is 0 Å². The molecule has 0 radical (unpaired) electrons. The van der Waals surface area contributed by atoms with Gasteiger partial charge in [-0.2, -0.15) is 8.78 Å². The van der Waals surface area contributed by atoms with E-state index in [2.05, 4.69) is 15.2 Å². The zero-order valence-corrected chi connectivity index (χ0v) is 6.89. The number of rotatable bonds is 2. The lowest BCUT2D eigenvalue weighted by Gasteiger charge is -1.91. The number of hydrogen-bond donors (Lipinski definition) is 0. The summed E-state index contributed by atoms with van der Waals surface area (Å²) in [5.41, 5.74) is 0.381. The summed E-state index contributed by atoms with van der Waals surface area (Å²) in [6, 6.07) is 5.01. The third kappa shape index (κ3) is 1.59. The maximum absolute atomic E-state index is 12.1. The quantitative estimate of drug-likeness (QED) is 0.739. The van der Waals surface area contributed by atoms with Crippen molar-refractivity contribution in [1.82, 2.24) is 15.2 Å². The Morgan fingerprint density at radius 3 is 2.64 bits per heavy atom. The van der Waals surface area contributed by atoms with E-state index < -0.39 is 12.3 Å². The van der Waals surface area contributed by atoms with Crippen molar-refractivity contribution >= 4 is 0 Å². The van der Waals surface area contributed by atoms with Gasteiger partial charge < -0.3 is 4.42 Å². The molecular formula is C8H5F2N3O. The van der Waals surface area contributed by atoms with Crippen molar-refractivity contribution in [2.75, 3.05) is 0 Å². The van der Waals surface area contributed by atoms with Crippen LogP contribution < -0.4 is 0 Å². The van der Waals surface area contributed by atoms with Crippen molar-refractivity contribution in [1.29, 1.82) is 0 Å². The zero-order chi connectivity index (χ0) is 9.97. The fourth-order valence-electron chi connectivity index (χ4n) is 0.916. The van der Waals surface area contributed by atoms with Gasteiger partial charge in [0.25, 0.3) is 11.8 Å². The van der Waals surface area contributed by atoms with E-state index in [9.17, 15) is 8.78 Å². The molecule has 72 valence electrons. The van der Waals surface area contributed by atoms with Crippen LogP contribution in [0, 0.1) is 0 Å². The average Bonchev–Trinajstić information content (AvgIpc) is 2.68. The molecule has 6 heteroatoms. The first-order chi connectivity index (χ1) is 6.77. The summed E-state index contributed by atoms with van der Waals surface area (Å²) in [6.07, 6.45) is -1.23. The van der Waals surface area contributed by atoms with E-state index in [1.54, 1.807) is 18.2 Å². The zero-order valence-electron chi connectivity index (χ0n) is 6.89. The number of nitrogens with zero attached hydrogens (tertiary/aromatic N) is 3. The van der Waals surface area contributed by atoms with Crippen molar-refractivity contribution in [2.45, 2.75) is 6.43 Å². The van der Waals surface area contributed by atoms with Crippen molar-refractivity contribution in [3.8, 4) is 11.6 Å². The second-order valence-electron chi connectivity index (χ2n) is 2.46. The highest BCUT2D eigenvalue weighted by Crippen LogP contribution is 2.21. The molecule has 0 aliphatic heterocycles. The lowest BCUT2D eigenvalue weighted by Crippen LogP contribution is -1.81. The molecule has 2 rings (SSSR count). The van der Waals surface area contributed by atoms with Crippen LogP contribution >= 0.6 is 0 Å². The molecule has 0 unspecified atom stereocenters. The fourth-order valence-corrected chi connectivity index (χ4v) is 0.916. The van der Waals surface area contributed by atoms with Gasteiger partial charge in [-0.25, -0.2) is 0 Å². The molecule has 0 aliphatic carbocycles. The predicted molar refractivity (Wildman–Crippen MR) is 42.5 cm³/mol. The summed E-state index contributed by atoms with van der Waals surface area (Å²) in [5, 5.41) is 6.63. The minimum Gasteiger partial charge on any atom is -0.414 e. The Labute approximate surface area is 77.6 Å². The number of hydrogen-bond acceptors (Lipinski definition) is 4. The summed E-state index contributed by atoms with van der Waals surface area (Å²) in [4.78, 5) is 3.88. The SMILES string of the molecule is FC(F)c1nnc(-c2ccccn2)o1. The van der Waals surface area contributed by atoms with Gasteiger partial charge in [-0.3, -0.25) is 4.98 Å². The molecule has 0 amide bonds. The first-order valence-electron chi connectivity index (χ1n) is 3.80. The molecule has 14 heavy (non-hydrogen) atoms. The molecule has 0 atom stereocenters. The van der Waals surface area contributed by atoms with E-state index >= 15 is 0 Å². The van der Waals surface area contributed by atoms with Crippen LogP contribution in [-0.2, 0) is 0 Å². The number of aromatic nitrogens is 3. The van der Waals surface area contributed by atoms with Crippen LogP contribution in [0.15, 0.2) is 28.8 Å². The molecule has 0 fully saturated rings. The first kappa shape index (κ1) is 8.74. The van der Waals surface area contributed by atoms with Crippen molar-refractivity contribution in [2.24, 2.45) is 0 Å². The predicted octanol–water partition coefficient (Wildman–Crippen LogP) is 2.07. The standard InChI is InChI=1S/C8H5F2N3O/c9-6(10)8-13-12-7(14-8)5-3-1-2-4-11-5/h1-4,6H. The Hall–Kier alpha value is -1.85. The Morgan fingerprint density at radius 1 is 1.21 bits per heavy atom. The smallest absolute Gasteiger partial charge is 0.314 e. The second kappa shape index (κ2) is 3.49. The Morgan fingerprint density at radius 2 is 2.07 bits per heavy atom. The van der Waals surface area contributed by atoms with E-state index in [0.29, 0.717) is 5.69 Å². The Balaban J connectivity index is 2.34. The van der Waals surface area contributed by atoms with E-state index in [0.717, 1.165) is 0 Å². The van der Waals surface area contributed by atoms with Gasteiger partial charge in [0.1, 0.15) is 5.69 Å². The monoisotopic (exact) mass is 197 g/mol. The second-order valence-corrected chi connectivity index (χ2v) is 2.46. The van der Waals surface area contributed by atoms with Gasteiger partial charge in [0.15, 0.2) is 0 Å². The van der Waals surface area contributed by atoms with Gasteiger partial charge in [0, 0.05) is 6.20 Å². The third-order valence-corrected chi connectivity index (χ3v) is 1.51. The fraction of sp³-hybridized carbons (Fsp3) is 0.125. The van der Waals surface area contributed by atoms with Gasteiger partial charge >= 0.3 is 6.43 Å². The minimum atomic E-state index is -2.75. The molecule has 0 aromatic carbocycles. The summed E-state index contributed by atoms with van der Waals surface area (Å²) < 4.78 is 28.9. The van der Waals surface area contributed by atoms with Crippen LogP contribution in [0.1, 0.15) is 12.3 Å². The molecule has 2 heterocycles. The number of alkyl halides is 2. The number of pyridine rings is 1. The molecule has 2 aromatic rings. The lowest BCUT2D eigenvalue weighted by atomic mass is 10.3. The van der Waals surface area contributed by atoms with E-state index in [1.165, 1.54) is 6.20 Å². The summed E-state index contributed by atoms with van der Waals surface area (Å²) >= 11 is 0. The highest BCUT2D eigenvalue weighted by molar-refractivity contribution is 5.44. The van der Waals surface area contributed by atoms with Crippen molar-refractivity contribution < 1.29 is 13.2 Å². The highest BCUT2D eigenvalue weighted by Gasteiger charge is 2.16. The summed E-state index contributed by atoms with van der Waals surface area (Å²) in [7, 11) is 0. The molecular weight excluding hydrogens is 192 g/mol. The summed E-state index contributed by atoms with van der Waals surface area (Å²) in [6.45, 7) is 0. The van der Waals surface area contributed by atoms with Gasteiger partial charge in [-0.15, -0.1) is 10.2 Å². The van der Waals surface area contributed by atoms with E-state index in [-0.39, 0.29) is 5.89 Å². The minimum absolute atomic E-state index is 0.000833. The van der Waals surface area contributed by atoms with Crippen molar-refractivity contribution in [3.63, 3.8) is 0 Å². The molecule has 0 spiro atoms. The van der Waals surface area contributed by atoms with Crippen LogP contribution in [0.5, 0.6) is 0 Å². The Bertz CT molecular complexity index is 416. The molecule has 0 bridgehead atoms. The highest BCUT2D eigenvalue weighted by atomic mass is 19.3. The van der Waals surface area contributed by atoms with Gasteiger partial charge in [-0.1, -0.05) is 6.07 Å². The van der Waals surface area contributed by atoms with E-state index in [4.69, 9.17) is 4.42 Å². The molecule has 0 saturated heterocycles.